The molecular formula is C14H25N3O3. The lowest BCUT2D eigenvalue weighted by molar-refractivity contribution is 0.0528. The van der Waals surface area contributed by atoms with Crippen LogP contribution in [0.4, 0.5) is 0 Å². The van der Waals surface area contributed by atoms with Crippen molar-refractivity contribution in [2.24, 2.45) is 0 Å². The van der Waals surface area contributed by atoms with Gasteiger partial charge in [-0.3, -0.25) is 0 Å². The lowest BCUT2D eigenvalue weighted by atomic mass is 10.2. The zero-order valence-corrected chi connectivity index (χ0v) is 12.6. The molecule has 20 heavy (non-hydrogen) atoms. The Bertz CT molecular complexity index is 375. The van der Waals surface area contributed by atoms with Crippen molar-refractivity contribution in [3.8, 4) is 6.01 Å². The van der Waals surface area contributed by atoms with E-state index >= 15 is 0 Å². The Hall–Kier alpha value is -1.24. The highest BCUT2D eigenvalue weighted by molar-refractivity contribution is 5.17. The van der Waals surface area contributed by atoms with Crippen molar-refractivity contribution in [2.75, 3.05) is 40.1 Å². The summed E-state index contributed by atoms with van der Waals surface area (Å²) in [4.78, 5) is 8.53. The fraction of sp³-hybridized carbons (Fsp3) is 0.714. The van der Waals surface area contributed by atoms with Gasteiger partial charge in [-0.15, -0.1) is 0 Å². The summed E-state index contributed by atoms with van der Waals surface area (Å²) in [6.45, 7) is 8.00. The molecule has 0 spiro atoms. The average Bonchev–Trinajstić information content (AvgIpc) is 2.45. The molecule has 0 aliphatic carbocycles. The minimum atomic E-state index is 0.400. The third kappa shape index (κ3) is 6.79. The van der Waals surface area contributed by atoms with Gasteiger partial charge in [-0.05, 0) is 19.9 Å². The van der Waals surface area contributed by atoms with Crippen molar-refractivity contribution in [1.82, 2.24) is 15.3 Å². The molecule has 1 aromatic heterocycles. The molecule has 0 aliphatic heterocycles. The summed E-state index contributed by atoms with van der Waals surface area (Å²) in [5.41, 5.74) is 2.04. The quantitative estimate of drug-likeness (QED) is 0.618. The second-order valence-electron chi connectivity index (χ2n) is 4.39. The van der Waals surface area contributed by atoms with E-state index < -0.39 is 0 Å². The molecule has 0 aromatic carbocycles. The number of hydrogen-bond acceptors (Lipinski definition) is 6. The summed E-state index contributed by atoms with van der Waals surface area (Å²) >= 11 is 0. The van der Waals surface area contributed by atoms with Crippen molar-refractivity contribution in [1.29, 1.82) is 0 Å². The number of nitrogens with zero attached hydrogens (tertiary/aromatic N) is 2. The lowest BCUT2D eigenvalue weighted by Crippen LogP contribution is -2.16. The van der Waals surface area contributed by atoms with E-state index in [0.717, 1.165) is 30.8 Å². The predicted molar refractivity (Wildman–Crippen MR) is 77.0 cm³/mol. The summed E-state index contributed by atoms with van der Waals surface area (Å²) in [7, 11) is 1.65. The molecule has 0 atom stereocenters. The second kappa shape index (κ2) is 10.5. The van der Waals surface area contributed by atoms with Gasteiger partial charge in [0.25, 0.3) is 0 Å². The highest BCUT2D eigenvalue weighted by Crippen LogP contribution is 2.08. The predicted octanol–water partition coefficient (Wildman–Crippen LogP) is 1.33. The summed E-state index contributed by atoms with van der Waals surface area (Å²) in [5, 5.41) is 3.33. The Morgan fingerprint density at radius 3 is 2.70 bits per heavy atom. The van der Waals surface area contributed by atoms with E-state index in [9.17, 15) is 0 Å². The summed E-state index contributed by atoms with van der Waals surface area (Å²) in [6.07, 6.45) is 2.93. The molecule has 1 rings (SSSR count). The Morgan fingerprint density at radius 2 is 2.00 bits per heavy atom. The number of methoxy groups -OCH3 is 1. The third-order valence-corrected chi connectivity index (χ3v) is 2.69. The molecule has 1 N–H and O–H groups in total. The van der Waals surface area contributed by atoms with E-state index in [4.69, 9.17) is 14.2 Å². The van der Waals surface area contributed by atoms with Gasteiger partial charge in [0.1, 0.15) is 6.61 Å². The molecule has 0 aliphatic rings. The van der Waals surface area contributed by atoms with Crippen molar-refractivity contribution in [3.05, 3.63) is 17.5 Å². The fourth-order valence-corrected chi connectivity index (χ4v) is 1.55. The molecule has 0 unspecified atom stereocenters. The zero-order chi connectivity index (χ0) is 14.6. The lowest BCUT2D eigenvalue weighted by Gasteiger charge is -2.09. The van der Waals surface area contributed by atoms with Gasteiger partial charge in [0.2, 0.25) is 0 Å². The van der Waals surface area contributed by atoms with Crippen LogP contribution in [0, 0.1) is 6.92 Å². The first-order valence-corrected chi connectivity index (χ1v) is 7.00. The van der Waals surface area contributed by atoms with E-state index in [1.807, 2.05) is 13.1 Å². The first-order chi connectivity index (χ1) is 9.77. The largest absolute Gasteiger partial charge is 0.461 e. The van der Waals surface area contributed by atoms with Crippen molar-refractivity contribution < 1.29 is 14.2 Å². The number of hydrogen-bond donors (Lipinski definition) is 1. The summed E-state index contributed by atoms with van der Waals surface area (Å²) < 4.78 is 15.6. The number of aromatic nitrogens is 2. The highest BCUT2D eigenvalue weighted by atomic mass is 16.5. The minimum absolute atomic E-state index is 0.400. The zero-order valence-electron chi connectivity index (χ0n) is 12.6. The van der Waals surface area contributed by atoms with Gasteiger partial charge in [-0.25, -0.2) is 9.97 Å². The molecule has 6 nitrogen and oxygen atoms in total. The summed E-state index contributed by atoms with van der Waals surface area (Å²) in [6, 6.07) is 0.400. The fourth-order valence-electron chi connectivity index (χ4n) is 1.55. The Labute approximate surface area is 120 Å². The molecule has 1 heterocycles. The minimum Gasteiger partial charge on any atom is -0.461 e. The first kappa shape index (κ1) is 16.8. The molecule has 114 valence electrons. The van der Waals surface area contributed by atoms with Gasteiger partial charge in [0.05, 0.1) is 19.8 Å². The number of nitrogens with one attached hydrogen (secondary N) is 1. The molecule has 6 heteroatoms. The smallest absolute Gasteiger partial charge is 0.316 e. The van der Waals surface area contributed by atoms with Crippen molar-refractivity contribution in [2.45, 2.75) is 26.8 Å². The Morgan fingerprint density at radius 1 is 1.20 bits per heavy atom. The average molecular weight is 283 g/mol. The van der Waals surface area contributed by atoms with E-state index in [-0.39, 0.29) is 0 Å². The maximum Gasteiger partial charge on any atom is 0.316 e. The van der Waals surface area contributed by atoms with Crippen LogP contribution in [0.2, 0.25) is 0 Å². The van der Waals surface area contributed by atoms with Crippen LogP contribution in [0.5, 0.6) is 6.01 Å². The monoisotopic (exact) mass is 283 g/mol. The van der Waals surface area contributed by atoms with Crippen LogP contribution in [0.1, 0.15) is 24.6 Å². The van der Waals surface area contributed by atoms with E-state index in [1.54, 1.807) is 7.11 Å². The van der Waals surface area contributed by atoms with Gasteiger partial charge in [0, 0.05) is 31.1 Å². The standard InChI is InChI=1S/C14H25N3O3/c1-4-5-15-10-13-11-16-14(17-12(13)2)20-9-8-19-7-6-18-3/h11,15H,4-10H2,1-3H3. The van der Waals surface area contributed by atoms with Crippen LogP contribution in [0.25, 0.3) is 0 Å². The van der Waals surface area contributed by atoms with Gasteiger partial charge in [-0.2, -0.15) is 0 Å². The molecule has 0 saturated heterocycles. The SMILES string of the molecule is CCCNCc1cnc(OCCOCCOC)nc1C. The van der Waals surface area contributed by atoms with Crippen LogP contribution >= 0.6 is 0 Å². The van der Waals surface area contributed by atoms with Crippen LogP contribution in [-0.4, -0.2) is 50.1 Å². The topological polar surface area (TPSA) is 65.5 Å². The van der Waals surface area contributed by atoms with Crippen molar-refractivity contribution in [3.63, 3.8) is 0 Å². The molecule has 0 fully saturated rings. The molecular weight excluding hydrogens is 258 g/mol. The van der Waals surface area contributed by atoms with Gasteiger partial charge < -0.3 is 19.5 Å². The maximum atomic E-state index is 5.44. The molecule has 0 radical (unpaired) electrons. The molecule has 1 aromatic rings. The third-order valence-electron chi connectivity index (χ3n) is 2.69. The van der Waals surface area contributed by atoms with Gasteiger partial charge in [-0.1, -0.05) is 6.92 Å². The van der Waals surface area contributed by atoms with Crippen LogP contribution in [-0.2, 0) is 16.0 Å². The summed E-state index contributed by atoms with van der Waals surface area (Å²) in [5.74, 6) is 0. The van der Waals surface area contributed by atoms with E-state index in [2.05, 4.69) is 22.2 Å². The molecule has 0 amide bonds. The number of rotatable bonds is 11. The maximum absolute atomic E-state index is 5.44. The van der Waals surface area contributed by atoms with Crippen LogP contribution in [0.3, 0.4) is 0 Å². The van der Waals surface area contributed by atoms with Crippen LogP contribution < -0.4 is 10.1 Å². The van der Waals surface area contributed by atoms with Gasteiger partial charge in [0.15, 0.2) is 0 Å². The number of ether oxygens (including phenoxy) is 3. The van der Waals surface area contributed by atoms with E-state index in [1.165, 1.54) is 0 Å². The first-order valence-electron chi connectivity index (χ1n) is 7.00. The van der Waals surface area contributed by atoms with E-state index in [0.29, 0.717) is 32.4 Å². The molecule has 0 bridgehead atoms. The Balaban J connectivity index is 2.28. The highest BCUT2D eigenvalue weighted by Gasteiger charge is 2.04. The Kier molecular flexibility index (Phi) is 8.86. The number of aryl methyl sites for hydroxylation is 1. The second-order valence-corrected chi connectivity index (χ2v) is 4.39. The normalized spacial score (nSPS) is 10.8. The molecule has 0 saturated carbocycles. The van der Waals surface area contributed by atoms with Gasteiger partial charge >= 0.3 is 6.01 Å². The van der Waals surface area contributed by atoms with Crippen LogP contribution in [0.15, 0.2) is 6.20 Å². The van der Waals surface area contributed by atoms with Crippen molar-refractivity contribution >= 4 is 0 Å².